The van der Waals surface area contributed by atoms with Crippen molar-refractivity contribution in [2.75, 3.05) is 64.0 Å². The Hall–Kier alpha value is -5.89. The van der Waals surface area contributed by atoms with Gasteiger partial charge in [-0.2, -0.15) is 0 Å². The second-order valence-corrected chi connectivity index (χ2v) is 13.2. The molecule has 3 aliphatic rings. The smallest absolute Gasteiger partial charge is 0.398 e. The van der Waals surface area contributed by atoms with Gasteiger partial charge in [-0.15, -0.1) is 0 Å². The van der Waals surface area contributed by atoms with Crippen LogP contribution in [-0.4, -0.2) is 98.6 Å². The van der Waals surface area contributed by atoms with Gasteiger partial charge in [-0.25, -0.2) is 9.18 Å². The van der Waals surface area contributed by atoms with Crippen molar-refractivity contribution in [3.63, 3.8) is 0 Å². The zero-order chi connectivity index (χ0) is 37.2. The molecule has 0 radical (unpaired) electrons. The summed E-state index contributed by atoms with van der Waals surface area (Å²) in [6, 6.07) is 16.1. The molecule has 6 N–H and O–H groups in total. The van der Waals surface area contributed by atoms with E-state index in [1.54, 1.807) is 35.2 Å². The lowest BCUT2D eigenvalue weighted by Crippen LogP contribution is -2.43. The van der Waals surface area contributed by atoms with Crippen molar-refractivity contribution in [1.82, 2.24) is 20.4 Å². The van der Waals surface area contributed by atoms with Gasteiger partial charge in [0.05, 0.1) is 23.2 Å². The number of nitrogens with one attached hydrogen (secondary N) is 4. The molecule has 3 heterocycles. The monoisotopic (exact) mass is 708 g/mol. The fraction of sp³-hybridized carbons (Fsp3) is 0.316. The van der Waals surface area contributed by atoms with Crippen LogP contribution in [0.25, 0.3) is 5.57 Å². The molecular weight excluding hydrogens is 667 g/mol. The van der Waals surface area contributed by atoms with Crippen LogP contribution in [0.3, 0.4) is 0 Å². The molecule has 0 aromatic heterocycles. The zero-order valence-corrected chi connectivity index (χ0v) is 29.1. The number of nitrogens with two attached hydrogens (primary N) is 1. The second-order valence-electron chi connectivity index (χ2n) is 13.2. The number of nitrogen functional groups attached to an aromatic ring is 1. The van der Waals surface area contributed by atoms with E-state index in [0.717, 1.165) is 17.2 Å². The highest BCUT2D eigenvalue weighted by molar-refractivity contribution is 6.15. The molecule has 0 bridgehead atoms. The van der Waals surface area contributed by atoms with E-state index in [9.17, 15) is 23.6 Å². The summed E-state index contributed by atoms with van der Waals surface area (Å²) in [5.41, 5.74) is 9.61. The number of carbonyl (C=O) groups is 4. The molecule has 52 heavy (non-hydrogen) atoms. The Kier molecular flexibility index (Phi) is 10.2. The average Bonchev–Trinajstić information content (AvgIpc) is 3.72. The van der Waals surface area contributed by atoms with Gasteiger partial charge < -0.3 is 30.9 Å². The summed E-state index contributed by atoms with van der Waals surface area (Å²) in [6.45, 7) is 2.84. The molecule has 1 spiro atoms. The summed E-state index contributed by atoms with van der Waals surface area (Å²) in [5, 5.41) is 21.5. The van der Waals surface area contributed by atoms with Crippen LogP contribution in [0, 0.1) is 22.1 Å². The number of nitrogens with zero attached hydrogens (tertiary/aromatic N) is 3. The van der Waals surface area contributed by atoms with Crippen molar-refractivity contribution in [3.05, 3.63) is 100 Å². The highest BCUT2D eigenvalue weighted by atomic mass is 19.1. The van der Waals surface area contributed by atoms with Crippen LogP contribution in [0.15, 0.2) is 66.7 Å². The van der Waals surface area contributed by atoms with Crippen molar-refractivity contribution in [1.29, 1.82) is 10.8 Å². The number of likely N-dealkylation sites (tertiary alicyclic amines) is 1. The number of halogens is 1. The largest absolute Gasteiger partial charge is 0.413 e. The standard InChI is InChI=1S/C38H41FN8O5/c1-43-35(49)28-19-26(7-9-30(28)39)33(41)29-20-27(8-10-31(29)40)47-18-14-38(36(47)50)13-17-45(22-38)21-32(48)46-15-11-24(12-16-46)23-3-5-25(6-4-23)34(42)52-37(51)44-2/h3-11,19-20,41-42H,12-18,21-22,40H2,1-2H3,(H,43,49)(H,44,51)/t38-/m0/s1. The molecule has 3 aromatic rings. The average molecular weight is 709 g/mol. The molecule has 0 saturated carbocycles. The van der Waals surface area contributed by atoms with Crippen molar-refractivity contribution >= 4 is 52.4 Å². The quantitative estimate of drug-likeness (QED) is 0.134. The molecule has 2 fully saturated rings. The summed E-state index contributed by atoms with van der Waals surface area (Å²) in [7, 11) is 2.83. The van der Waals surface area contributed by atoms with Crippen molar-refractivity contribution in [2.45, 2.75) is 19.3 Å². The Morgan fingerprint density at radius 2 is 1.65 bits per heavy atom. The molecule has 6 rings (SSSR count). The fourth-order valence-electron chi connectivity index (χ4n) is 7.10. The zero-order valence-electron chi connectivity index (χ0n) is 29.1. The fourth-order valence-corrected chi connectivity index (χ4v) is 7.10. The predicted octanol–water partition coefficient (Wildman–Crippen LogP) is 3.61. The summed E-state index contributed by atoms with van der Waals surface area (Å²) in [4.78, 5) is 56.5. The van der Waals surface area contributed by atoms with Crippen LogP contribution < -0.4 is 21.3 Å². The molecule has 13 nitrogen and oxygen atoms in total. The van der Waals surface area contributed by atoms with E-state index >= 15 is 0 Å². The maximum Gasteiger partial charge on any atom is 0.413 e. The van der Waals surface area contributed by atoms with Gasteiger partial charge in [0.15, 0.2) is 0 Å². The Morgan fingerprint density at radius 1 is 0.923 bits per heavy atom. The first-order valence-corrected chi connectivity index (χ1v) is 17.0. The molecule has 2 saturated heterocycles. The number of alkyl carbamates (subject to hydrolysis) is 1. The van der Waals surface area contributed by atoms with Crippen LogP contribution in [0.4, 0.5) is 20.6 Å². The normalized spacial score (nSPS) is 18.7. The third-order valence-electron chi connectivity index (χ3n) is 10.1. The first-order valence-electron chi connectivity index (χ1n) is 17.0. The third kappa shape index (κ3) is 7.15. The lowest BCUT2D eigenvalue weighted by atomic mass is 9.85. The minimum atomic E-state index is -0.703. The van der Waals surface area contributed by atoms with Crippen LogP contribution >= 0.6 is 0 Å². The van der Waals surface area contributed by atoms with E-state index in [1.807, 2.05) is 23.1 Å². The number of amides is 4. The Bertz CT molecular complexity index is 2000. The van der Waals surface area contributed by atoms with E-state index in [1.165, 1.54) is 26.2 Å². The SMILES string of the molecule is CNC(=O)OC(=N)c1ccc(C2=CCN(C(=O)CN3CC[C@]4(CCN(c5ccc(N)c(C(=N)c6ccc(F)c(C(=O)NC)c6)c5)C4=O)C3)CC2)cc1. The lowest BCUT2D eigenvalue weighted by molar-refractivity contribution is -0.132. The minimum absolute atomic E-state index is 0.00000709. The Balaban J connectivity index is 1.06. The molecule has 270 valence electrons. The molecule has 3 aromatic carbocycles. The van der Waals surface area contributed by atoms with Gasteiger partial charge in [-0.3, -0.25) is 30.1 Å². The summed E-state index contributed by atoms with van der Waals surface area (Å²) in [6.07, 6.45) is 3.27. The molecular formula is C38H41FN8O5. The summed E-state index contributed by atoms with van der Waals surface area (Å²) >= 11 is 0. The van der Waals surface area contributed by atoms with Crippen LogP contribution in [0.1, 0.15) is 51.9 Å². The number of rotatable bonds is 8. The number of ether oxygens (including phenoxy) is 1. The molecule has 0 unspecified atom stereocenters. The van der Waals surface area contributed by atoms with E-state index in [4.69, 9.17) is 21.3 Å². The van der Waals surface area contributed by atoms with Crippen molar-refractivity contribution in [2.24, 2.45) is 5.41 Å². The third-order valence-corrected chi connectivity index (χ3v) is 10.1. The van der Waals surface area contributed by atoms with E-state index in [-0.39, 0.29) is 35.5 Å². The number of hydrogen-bond acceptors (Lipinski definition) is 9. The topological polar surface area (TPSA) is 185 Å². The van der Waals surface area contributed by atoms with Gasteiger partial charge >= 0.3 is 6.09 Å². The molecule has 3 aliphatic heterocycles. The van der Waals surface area contributed by atoms with Gasteiger partial charge in [0.25, 0.3) is 5.91 Å². The maximum absolute atomic E-state index is 14.3. The second kappa shape index (κ2) is 14.8. The van der Waals surface area contributed by atoms with E-state index < -0.39 is 23.2 Å². The van der Waals surface area contributed by atoms with Gasteiger partial charge in [0, 0.05) is 68.3 Å². The number of benzene rings is 3. The summed E-state index contributed by atoms with van der Waals surface area (Å²) < 4.78 is 19.2. The van der Waals surface area contributed by atoms with E-state index in [0.29, 0.717) is 80.1 Å². The summed E-state index contributed by atoms with van der Waals surface area (Å²) in [5.74, 6) is -1.57. The highest BCUT2D eigenvalue weighted by Crippen LogP contribution is 2.43. The Labute approximate surface area is 300 Å². The maximum atomic E-state index is 14.3. The van der Waals surface area contributed by atoms with Gasteiger partial charge in [-0.1, -0.05) is 18.2 Å². The molecule has 0 aliphatic carbocycles. The molecule has 14 heteroatoms. The van der Waals surface area contributed by atoms with Gasteiger partial charge in [0.1, 0.15) is 5.82 Å². The van der Waals surface area contributed by atoms with Crippen molar-refractivity contribution in [3.8, 4) is 0 Å². The first kappa shape index (κ1) is 35.9. The van der Waals surface area contributed by atoms with Crippen molar-refractivity contribution < 1.29 is 28.3 Å². The molecule has 4 amide bonds. The number of hydrogen-bond donors (Lipinski definition) is 5. The van der Waals surface area contributed by atoms with Crippen LogP contribution in [0.5, 0.6) is 0 Å². The van der Waals surface area contributed by atoms with Gasteiger partial charge in [0.2, 0.25) is 17.7 Å². The minimum Gasteiger partial charge on any atom is -0.398 e. The highest BCUT2D eigenvalue weighted by Gasteiger charge is 2.51. The Morgan fingerprint density at radius 3 is 2.35 bits per heavy atom. The lowest BCUT2D eigenvalue weighted by Gasteiger charge is -2.29. The first-order chi connectivity index (χ1) is 24.9. The van der Waals surface area contributed by atoms with E-state index in [2.05, 4.69) is 15.5 Å². The van der Waals surface area contributed by atoms with Crippen LogP contribution in [-0.2, 0) is 14.3 Å². The van der Waals surface area contributed by atoms with Crippen LogP contribution in [0.2, 0.25) is 0 Å². The predicted molar refractivity (Wildman–Crippen MR) is 195 cm³/mol. The number of anilines is 2. The van der Waals surface area contributed by atoms with Gasteiger partial charge in [-0.05, 0) is 85.5 Å². The number of carbonyl (C=O) groups excluding carboxylic acids is 4. The molecule has 1 atom stereocenters.